The van der Waals surface area contributed by atoms with Gasteiger partial charge in [0.2, 0.25) is 5.95 Å². The van der Waals surface area contributed by atoms with Gasteiger partial charge in [-0.3, -0.25) is 10.1 Å². The number of carbonyl (C=O) groups excluding carboxylic acids is 1. The first-order valence-corrected chi connectivity index (χ1v) is 9.48. The number of ether oxygens (including phenoxy) is 1. The highest BCUT2D eigenvalue weighted by Crippen LogP contribution is 2.23. The van der Waals surface area contributed by atoms with Crippen LogP contribution in [0.2, 0.25) is 0 Å². The minimum absolute atomic E-state index is 0.128. The standard InChI is InChI=1S/C20H22FN5O3/c1-26-20(23-18(25-26)13-8-10-22-11-9-13)24-19(27)17-7-6-16(29-17)12-28-15-4-2-14(21)3-5-15/h2-7,13,22H,8-12H2,1H3,(H,23,24,25,27). The van der Waals surface area contributed by atoms with E-state index in [1.807, 2.05) is 0 Å². The molecule has 1 aromatic carbocycles. The van der Waals surface area contributed by atoms with Crippen LogP contribution in [-0.4, -0.2) is 33.8 Å². The molecule has 9 heteroatoms. The monoisotopic (exact) mass is 399 g/mol. The van der Waals surface area contributed by atoms with Crippen molar-refractivity contribution in [1.29, 1.82) is 0 Å². The van der Waals surface area contributed by atoms with E-state index in [0.717, 1.165) is 31.8 Å². The van der Waals surface area contributed by atoms with E-state index >= 15 is 0 Å². The zero-order chi connectivity index (χ0) is 20.2. The van der Waals surface area contributed by atoms with Crippen LogP contribution in [0.5, 0.6) is 5.75 Å². The van der Waals surface area contributed by atoms with Crippen molar-refractivity contribution in [2.45, 2.75) is 25.4 Å². The van der Waals surface area contributed by atoms with E-state index in [2.05, 4.69) is 20.7 Å². The Hall–Kier alpha value is -3.20. The topological polar surface area (TPSA) is 94.2 Å². The van der Waals surface area contributed by atoms with E-state index in [1.165, 1.54) is 24.3 Å². The Balaban J connectivity index is 1.36. The number of aromatic nitrogens is 3. The van der Waals surface area contributed by atoms with Gasteiger partial charge in [0.25, 0.3) is 5.91 Å². The molecule has 0 radical (unpaired) electrons. The van der Waals surface area contributed by atoms with Crippen LogP contribution in [0.25, 0.3) is 0 Å². The third kappa shape index (κ3) is 4.62. The quantitative estimate of drug-likeness (QED) is 0.662. The van der Waals surface area contributed by atoms with Gasteiger partial charge in [-0.05, 0) is 62.3 Å². The molecule has 0 aliphatic carbocycles. The second-order valence-corrected chi connectivity index (χ2v) is 6.90. The first-order valence-electron chi connectivity index (χ1n) is 9.48. The zero-order valence-electron chi connectivity index (χ0n) is 16.0. The Morgan fingerprint density at radius 2 is 2.03 bits per heavy atom. The van der Waals surface area contributed by atoms with Gasteiger partial charge in [-0.2, -0.15) is 10.1 Å². The van der Waals surface area contributed by atoms with Crippen molar-refractivity contribution < 1.29 is 18.3 Å². The summed E-state index contributed by atoms with van der Waals surface area (Å²) in [5.41, 5.74) is 0. The van der Waals surface area contributed by atoms with Crippen molar-refractivity contribution in [1.82, 2.24) is 20.1 Å². The molecule has 1 saturated heterocycles. The van der Waals surface area contributed by atoms with E-state index in [4.69, 9.17) is 9.15 Å². The second kappa shape index (κ2) is 8.44. The van der Waals surface area contributed by atoms with Crippen molar-refractivity contribution in [3.63, 3.8) is 0 Å². The molecule has 0 saturated carbocycles. The number of hydrogen-bond acceptors (Lipinski definition) is 6. The smallest absolute Gasteiger partial charge is 0.293 e. The number of amides is 1. The minimum Gasteiger partial charge on any atom is -0.486 e. The Morgan fingerprint density at radius 3 is 2.79 bits per heavy atom. The lowest BCUT2D eigenvalue weighted by Crippen LogP contribution is -2.27. The van der Waals surface area contributed by atoms with Crippen LogP contribution in [0.1, 0.15) is 40.9 Å². The number of piperidine rings is 1. The summed E-state index contributed by atoms with van der Waals surface area (Å²) in [5.74, 6) is 1.82. The van der Waals surface area contributed by atoms with Crippen LogP contribution in [-0.2, 0) is 13.7 Å². The lowest BCUT2D eigenvalue weighted by atomic mass is 9.98. The first-order chi connectivity index (χ1) is 14.1. The Kier molecular flexibility index (Phi) is 5.57. The molecule has 2 aromatic heterocycles. The maximum atomic E-state index is 12.9. The van der Waals surface area contributed by atoms with E-state index in [9.17, 15) is 9.18 Å². The van der Waals surface area contributed by atoms with Crippen LogP contribution >= 0.6 is 0 Å². The normalized spacial score (nSPS) is 14.7. The Bertz CT molecular complexity index is 976. The van der Waals surface area contributed by atoms with Crippen LogP contribution in [0.15, 0.2) is 40.8 Å². The third-order valence-corrected chi connectivity index (χ3v) is 4.79. The molecule has 4 rings (SSSR count). The number of halogens is 1. The number of hydrogen-bond donors (Lipinski definition) is 2. The van der Waals surface area contributed by atoms with Crippen molar-refractivity contribution in [3.8, 4) is 5.75 Å². The highest BCUT2D eigenvalue weighted by atomic mass is 19.1. The number of carbonyl (C=O) groups is 1. The number of aryl methyl sites for hydroxylation is 1. The lowest BCUT2D eigenvalue weighted by molar-refractivity contribution is 0.0991. The average Bonchev–Trinajstić information content (AvgIpc) is 3.35. The van der Waals surface area contributed by atoms with Crippen LogP contribution < -0.4 is 15.4 Å². The van der Waals surface area contributed by atoms with E-state index in [0.29, 0.717) is 23.4 Å². The number of benzene rings is 1. The molecule has 1 aliphatic rings. The van der Waals surface area contributed by atoms with Gasteiger partial charge in [-0.25, -0.2) is 9.07 Å². The van der Waals surface area contributed by atoms with Gasteiger partial charge in [0.1, 0.15) is 23.9 Å². The van der Waals surface area contributed by atoms with Crippen molar-refractivity contribution in [2.24, 2.45) is 7.05 Å². The van der Waals surface area contributed by atoms with Gasteiger partial charge in [0, 0.05) is 13.0 Å². The molecule has 3 heterocycles. The molecule has 1 amide bonds. The van der Waals surface area contributed by atoms with Gasteiger partial charge in [0.15, 0.2) is 11.6 Å². The second-order valence-electron chi connectivity index (χ2n) is 6.90. The van der Waals surface area contributed by atoms with Crippen LogP contribution in [0.3, 0.4) is 0 Å². The fourth-order valence-corrected chi connectivity index (χ4v) is 3.19. The molecule has 152 valence electrons. The number of anilines is 1. The maximum absolute atomic E-state index is 12.9. The average molecular weight is 399 g/mol. The summed E-state index contributed by atoms with van der Waals surface area (Å²) < 4.78 is 25.6. The third-order valence-electron chi connectivity index (χ3n) is 4.79. The van der Waals surface area contributed by atoms with Gasteiger partial charge in [-0.1, -0.05) is 0 Å². The largest absolute Gasteiger partial charge is 0.486 e. The minimum atomic E-state index is -0.412. The SMILES string of the molecule is Cn1nc(C2CCNCC2)nc1NC(=O)c1ccc(COc2ccc(F)cc2)o1. The zero-order valence-corrected chi connectivity index (χ0v) is 16.0. The number of nitrogens with zero attached hydrogens (tertiary/aromatic N) is 3. The highest BCUT2D eigenvalue weighted by molar-refractivity contribution is 6.01. The van der Waals surface area contributed by atoms with E-state index in [1.54, 1.807) is 23.9 Å². The van der Waals surface area contributed by atoms with Gasteiger partial charge < -0.3 is 14.5 Å². The fourth-order valence-electron chi connectivity index (χ4n) is 3.19. The molecule has 0 unspecified atom stereocenters. The lowest BCUT2D eigenvalue weighted by Gasteiger charge is -2.19. The van der Waals surface area contributed by atoms with E-state index in [-0.39, 0.29) is 18.2 Å². The van der Waals surface area contributed by atoms with Crippen molar-refractivity contribution in [3.05, 3.63) is 59.6 Å². The van der Waals surface area contributed by atoms with Crippen LogP contribution in [0, 0.1) is 5.82 Å². The predicted molar refractivity (Wildman–Crippen MR) is 103 cm³/mol. The molecule has 0 spiro atoms. The van der Waals surface area contributed by atoms with Crippen molar-refractivity contribution in [2.75, 3.05) is 18.4 Å². The fraction of sp³-hybridized carbons (Fsp3) is 0.350. The Labute approximate surface area is 167 Å². The first kappa shape index (κ1) is 19.1. The molecular weight excluding hydrogens is 377 g/mol. The summed E-state index contributed by atoms with van der Waals surface area (Å²) in [6.07, 6.45) is 1.96. The molecule has 8 nitrogen and oxygen atoms in total. The highest BCUT2D eigenvalue weighted by Gasteiger charge is 2.22. The molecule has 0 bridgehead atoms. The molecule has 1 fully saturated rings. The van der Waals surface area contributed by atoms with Crippen LogP contribution in [0.4, 0.5) is 10.3 Å². The summed E-state index contributed by atoms with van der Waals surface area (Å²) >= 11 is 0. The summed E-state index contributed by atoms with van der Waals surface area (Å²) in [4.78, 5) is 17.0. The summed E-state index contributed by atoms with van der Waals surface area (Å²) in [7, 11) is 1.75. The molecule has 1 aliphatic heterocycles. The maximum Gasteiger partial charge on any atom is 0.293 e. The number of rotatable bonds is 6. The van der Waals surface area contributed by atoms with Gasteiger partial charge >= 0.3 is 0 Å². The van der Waals surface area contributed by atoms with Crippen molar-refractivity contribution >= 4 is 11.9 Å². The molecule has 2 N–H and O–H groups in total. The molecule has 0 atom stereocenters. The molecular formula is C20H22FN5O3. The Morgan fingerprint density at radius 1 is 1.28 bits per heavy atom. The van der Waals surface area contributed by atoms with E-state index < -0.39 is 5.91 Å². The summed E-state index contributed by atoms with van der Waals surface area (Å²) in [6, 6.07) is 8.92. The molecule has 29 heavy (non-hydrogen) atoms. The predicted octanol–water partition coefficient (Wildman–Crippen LogP) is 2.85. The van der Waals surface area contributed by atoms with Gasteiger partial charge in [0.05, 0.1) is 0 Å². The number of nitrogens with one attached hydrogen (secondary N) is 2. The molecule has 3 aromatic rings. The van der Waals surface area contributed by atoms with Gasteiger partial charge in [-0.15, -0.1) is 0 Å². The summed E-state index contributed by atoms with van der Waals surface area (Å²) in [5, 5.41) is 10.5. The number of furan rings is 1. The summed E-state index contributed by atoms with van der Waals surface area (Å²) in [6.45, 7) is 2.02.